The molecule has 0 aromatic heterocycles. The molecule has 0 aromatic rings. The largest absolute Gasteiger partial charge is 0.390 e. The third-order valence-corrected chi connectivity index (χ3v) is 5.08. The zero-order valence-electron chi connectivity index (χ0n) is 14.1. The summed E-state index contributed by atoms with van der Waals surface area (Å²) in [6.45, 7) is 6.28. The van der Waals surface area contributed by atoms with E-state index in [9.17, 15) is 19.5 Å². The molecule has 2 aliphatic heterocycles. The van der Waals surface area contributed by atoms with Gasteiger partial charge in [0.1, 0.15) is 11.6 Å². The maximum absolute atomic E-state index is 13.0. The Kier molecular flexibility index (Phi) is 4.98. The smallest absolute Gasteiger partial charge is 0.249 e. The number of nitrogens with two attached hydrogens (primary N) is 1. The van der Waals surface area contributed by atoms with Crippen molar-refractivity contribution in [2.75, 3.05) is 13.1 Å². The van der Waals surface area contributed by atoms with E-state index in [0.717, 1.165) is 6.42 Å². The quantitative estimate of drug-likeness (QED) is 0.734. The van der Waals surface area contributed by atoms with Crippen molar-refractivity contribution in [1.29, 1.82) is 0 Å². The normalized spacial score (nSPS) is 27.1. The van der Waals surface area contributed by atoms with Gasteiger partial charge < -0.3 is 20.6 Å². The van der Waals surface area contributed by atoms with Crippen LogP contribution < -0.4 is 5.73 Å². The number of hydrogen-bond donors (Lipinski definition) is 2. The number of nitrogens with zero attached hydrogens (tertiary/aromatic N) is 2. The van der Waals surface area contributed by atoms with Crippen molar-refractivity contribution in [3.8, 4) is 0 Å². The van der Waals surface area contributed by atoms with Gasteiger partial charge in [0.2, 0.25) is 17.7 Å². The summed E-state index contributed by atoms with van der Waals surface area (Å²) >= 11 is 0. The second-order valence-electron chi connectivity index (χ2n) is 6.85. The highest BCUT2D eigenvalue weighted by Gasteiger charge is 2.57. The van der Waals surface area contributed by atoms with Crippen molar-refractivity contribution in [3.05, 3.63) is 0 Å². The molecule has 23 heavy (non-hydrogen) atoms. The Hall–Kier alpha value is -1.63. The van der Waals surface area contributed by atoms with Crippen LogP contribution in [0.1, 0.15) is 46.5 Å². The van der Waals surface area contributed by atoms with Gasteiger partial charge >= 0.3 is 0 Å². The topological polar surface area (TPSA) is 104 Å². The summed E-state index contributed by atoms with van der Waals surface area (Å²) in [6.07, 6.45) is 1.22. The first-order valence-electron chi connectivity index (χ1n) is 8.36. The number of likely N-dealkylation sites (tertiary alicyclic amines) is 2. The maximum atomic E-state index is 13.0. The summed E-state index contributed by atoms with van der Waals surface area (Å²) in [4.78, 5) is 40.3. The standard InChI is InChI=1S/C16H27N3O4/c1-4-11(20)12(13(17)21)18-9-7-16(15(18)23)6-5-8-19(16)14(22)10(2)3/h10-12,20H,4-9H2,1-3H3,(H2,17,21)/t11-,12+,16?/m1/s1. The number of carbonyl (C=O) groups excluding carboxylic acids is 3. The highest BCUT2D eigenvalue weighted by atomic mass is 16.3. The Morgan fingerprint density at radius 3 is 2.48 bits per heavy atom. The van der Waals surface area contributed by atoms with Crippen molar-refractivity contribution >= 4 is 17.7 Å². The zero-order chi connectivity index (χ0) is 17.4. The van der Waals surface area contributed by atoms with Crippen molar-refractivity contribution < 1.29 is 19.5 Å². The monoisotopic (exact) mass is 325 g/mol. The molecule has 2 rings (SSSR count). The molecule has 1 unspecified atom stereocenters. The molecule has 7 heteroatoms. The highest BCUT2D eigenvalue weighted by Crippen LogP contribution is 2.40. The van der Waals surface area contributed by atoms with Gasteiger partial charge in [0.15, 0.2) is 0 Å². The molecule has 2 saturated heterocycles. The van der Waals surface area contributed by atoms with Crippen LogP contribution >= 0.6 is 0 Å². The lowest BCUT2D eigenvalue weighted by Crippen LogP contribution is -2.58. The Balaban J connectivity index is 2.29. The fourth-order valence-electron chi connectivity index (χ4n) is 3.81. The van der Waals surface area contributed by atoms with E-state index in [1.54, 1.807) is 11.8 Å². The highest BCUT2D eigenvalue weighted by molar-refractivity contribution is 5.97. The van der Waals surface area contributed by atoms with Gasteiger partial charge in [0.05, 0.1) is 6.10 Å². The second-order valence-corrected chi connectivity index (χ2v) is 6.85. The maximum Gasteiger partial charge on any atom is 0.249 e. The third-order valence-electron chi connectivity index (χ3n) is 5.08. The van der Waals surface area contributed by atoms with Crippen LogP contribution in [0.5, 0.6) is 0 Å². The number of rotatable bonds is 5. The molecule has 3 amide bonds. The Labute approximate surface area is 136 Å². The number of aliphatic hydroxyl groups excluding tert-OH is 1. The van der Waals surface area contributed by atoms with E-state index in [0.29, 0.717) is 32.4 Å². The van der Waals surface area contributed by atoms with Crippen molar-refractivity contribution in [2.24, 2.45) is 11.7 Å². The zero-order valence-corrected chi connectivity index (χ0v) is 14.1. The van der Waals surface area contributed by atoms with Gasteiger partial charge in [0, 0.05) is 19.0 Å². The molecular formula is C16H27N3O4. The molecule has 3 atom stereocenters. The van der Waals surface area contributed by atoms with Crippen LogP contribution in [0.2, 0.25) is 0 Å². The number of primary amides is 1. The van der Waals surface area contributed by atoms with Crippen LogP contribution in [0.15, 0.2) is 0 Å². The minimum Gasteiger partial charge on any atom is -0.390 e. The molecule has 0 radical (unpaired) electrons. The summed E-state index contributed by atoms with van der Waals surface area (Å²) < 4.78 is 0. The summed E-state index contributed by atoms with van der Waals surface area (Å²) in [5, 5.41) is 10.1. The lowest BCUT2D eigenvalue weighted by molar-refractivity contribution is -0.152. The first kappa shape index (κ1) is 17.7. The molecule has 3 N–H and O–H groups in total. The van der Waals surface area contributed by atoms with E-state index in [4.69, 9.17) is 5.73 Å². The fraction of sp³-hybridized carbons (Fsp3) is 0.812. The molecule has 0 saturated carbocycles. The summed E-state index contributed by atoms with van der Waals surface area (Å²) in [5.41, 5.74) is 4.55. The van der Waals surface area contributed by atoms with Gasteiger partial charge in [-0.05, 0) is 25.7 Å². The van der Waals surface area contributed by atoms with Gasteiger partial charge in [-0.15, -0.1) is 0 Å². The molecule has 2 aliphatic rings. The van der Waals surface area contributed by atoms with Crippen LogP contribution in [0.25, 0.3) is 0 Å². The predicted octanol–water partition coefficient (Wildman–Crippen LogP) is -0.139. The Morgan fingerprint density at radius 2 is 1.96 bits per heavy atom. The predicted molar refractivity (Wildman–Crippen MR) is 84.1 cm³/mol. The van der Waals surface area contributed by atoms with E-state index >= 15 is 0 Å². The van der Waals surface area contributed by atoms with Gasteiger partial charge in [-0.3, -0.25) is 14.4 Å². The second kappa shape index (κ2) is 6.47. The molecule has 130 valence electrons. The minimum atomic E-state index is -1.02. The van der Waals surface area contributed by atoms with E-state index in [1.165, 1.54) is 4.90 Å². The van der Waals surface area contributed by atoms with Crippen LogP contribution in [0.3, 0.4) is 0 Å². The number of aliphatic hydroxyl groups is 1. The average molecular weight is 325 g/mol. The van der Waals surface area contributed by atoms with E-state index in [-0.39, 0.29) is 17.7 Å². The number of hydrogen-bond acceptors (Lipinski definition) is 4. The van der Waals surface area contributed by atoms with Crippen LogP contribution in [-0.2, 0) is 14.4 Å². The van der Waals surface area contributed by atoms with Crippen molar-refractivity contribution in [3.63, 3.8) is 0 Å². The van der Waals surface area contributed by atoms with E-state index in [2.05, 4.69) is 0 Å². The lowest BCUT2D eigenvalue weighted by atomic mass is 9.93. The Morgan fingerprint density at radius 1 is 1.30 bits per heavy atom. The summed E-state index contributed by atoms with van der Waals surface area (Å²) in [5.74, 6) is -1.17. The number of carbonyl (C=O) groups is 3. The van der Waals surface area contributed by atoms with Crippen LogP contribution in [0, 0.1) is 5.92 Å². The third kappa shape index (κ3) is 2.82. The van der Waals surface area contributed by atoms with Gasteiger partial charge in [0.25, 0.3) is 0 Å². The summed E-state index contributed by atoms with van der Waals surface area (Å²) in [6, 6.07) is -1.02. The van der Waals surface area contributed by atoms with Gasteiger partial charge in [-0.1, -0.05) is 20.8 Å². The first-order chi connectivity index (χ1) is 10.8. The Bertz CT molecular complexity index is 508. The van der Waals surface area contributed by atoms with E-state index in [1.807, 2.05) is 13.8 Å². The van der Waals surface area contributed by atoms with Crippen molar-refractivity contribution in [1.82, 2.24) is 9.80 Å². The average Bonchev–Trinajstić information content (AvgIpc) is 3.06. The van der Waals surface area contributed by atoms with E-state index < -0.39 is 23.6 Å². The van der Waals surface area contributed by atoms with Gasteiger partial charge in [-0.2, -0.15) is 0 Å². The lowest BCUT2D eigenvalue weighted by Gasteiger charge is -2.36. The fourth-order valence-corrected chi connectivity index (χ4v) is 3.81. The molecule has 1 spiro atoms. The number of amides is 3. The molecule has 0 aromatic carbocycles. The first-order valence-corrected chi connectivity index (χ1v) is 8.36. The SMILES string of the molecule is CC[C@@H](O)[C@@H](C(N)=O)N1CCC2(CCCN2C(=O)C(C)C)C1=O. The molecule has 0 bridgehead atoms. The molecule has 2 heterocycles. The van der Waals surface area contributed by atoms with Crippen LogP contribution in [-0.4, -0.2) is 63.4 Å². The minimum absolute atomic E-state index is 0.0376. The van der Waals surface area contributed by atoms with Crippen molar-refractivity contribution in [2.45, 2.75) is 64.1 Å². The molecule has 0 aliphatic carbocycles. The summed E-state index contributed by atoms with van der Waals surface area (Å²) in [7, 11) is 0. The molecule has 2 fully saturated rings. The van der Waals surface area contributed by atoms with Gasteiger partial charge in [-0.25, -0.2) is 0 Å². The van der Waals surface area contributed by atoms with Crippen LogP contribution in [0.4, 0.5) is 0 Å². The molecule has 7 nitrogen and oxygen atoms in total. The molecular weight excluding hydrogens is 298 g/mol.